The van der Waals surface area contributed by atoms with Gasteiger partial charge in [0.1, 0.15) is 5.15 Å². The number of hydrogen-bond acceptors (Lipinski definition) is 4. The standard InChI is InChI=1S/C13H13ClF3N3S/c1-12(2,3)8-6-21-10(19-8)5-7-4-9(14)20-11(18-7)13(15,16)17/h4,6H,5H2,1-3H3. The molecule has 0 aliphatic rings. The van der Waals surface area contributed by atoms with Gasteiger partial charge in [0, 0.05) is 17.2 Å². The minimum Gasteiger partial charge on any atom is -0.245 e. The second-order valence-electron chi connectivity index (χ2n) is 5.56. The Morgan fingerprint density at radius 2 is 1.81 bits per heavy atom. The van der Waals surface area contributed by atoms with Crippen molar-refractivity contribution in [2.45, 2.75) is 38.8 Å². The maximum atomic E-state index is 12.7. The molecule has 0 bridgehead atoms. The molecule has 0 aliphatic heterocycles. The fraction of sp³-hybridized carbons (Fsp3) is 0.462. The van der Waals surface area contributed by atoms with Crippen molar-refractivity contribution in [1.82, 2.24) is 15.0 Å². The SMILES string of the molecule is CC(C)(C)c1csc(Cc2cc(Cl)nc(C(F)(F)F)n2)n1. The molecule has 2 rings (SSSR count). The van der Waals surface area contributed by atoms with Gasteiger partial charge in [-0.25, -0.2) is 15.0 Å². The molecule has 0 atom stereocenters. The van der Waals surface area contributed by atoms with Crippen LogP contribution in [0, 0.1) is 0 Å². The van der Waals surface area contributed by atoms with Crippen LogP contribution in [0.15, 0.2) is 11.4 Å². The van der Waals surface area contributed by atoms with Gasteiger partial charge in [-0.1, -0.05) is 32.4 Å². The third-order valence-corrected chi connectivity index (χ3v) is 3.70. The van der Waals surface area contributed by atoms with Crippen molar-refractivity contribution >= 4 is 22.9 Å². The van der Waals surface area contributed by atoms with Crippen molar-refractivity contribution in [2.24, 2.45) is 0 Å². The van der Waals surface area contributed by atoms with Crippen molar-refractivity contribution < 1.29 is 13.2 Å². The molecule has 8 heteroatoms. The van der Waals surface area contributed by atoms with Gasteiger partial charge in [-0.15, -0.1) is 11.3 Å². The van der Waals surface area contributed by atoms with Gasteiger partial charge in [-0.2, -0.15) is 13.2 Å². The summed E-state index contributed by atoms with van der Waals surface area (Å²) in [5.41, 5.74) is 1.01. The molecule has 0 radical (unpaired) electrons. The predicted molar refractivity (Wildman–Crippen MR) is 75.7 cm³/mol. The summed E-state index contributed by atoms with van der Waals surface area (Å²) in [5, 5.41) is 2.38. The Labute approximate surface area is 129 Å². The first-order valence-electron chi connectivity index (χ1n) is 6.11. The molecule has 2 aromatic rings. The number of hydrogen-bond donors (Lipinski definition) is 0. The van der Waals surface area contributed by atoms with Crippen molar-refractivity contribution in [3.05, 3.63) is 38.8 Å². The Bertz CT molecular complexity index is 647. The normalized spacial score (nSPS) is 12.7. The van der Waals surface area contributed by atoms with Gasteiger partial charge in [-0.05, 0) is 6.07 Å². The molecule has 0 aromatic carbocycles. The summed E-state index contributed by atoms with van der Waals surface area (Å²) in [5.74, 6) is -1.22. The van der Waals surface area contributed by atoms with E-state index >= 15 is 0 Å². The lowest BCUT2D eigenvalue weighted by Gasteiger charge is -2.14. The third-order valence-electron chi connectivity index (χ3n) is 2.65. The van der Waals surface area contributed by atoms with Gasteiger partial charge in [0.15, 0.2) is 0 Å². The fourth-order valence-electron chi connectivity index (χ4n) is 1.57. The summed E-state index contributed by atoms with van der Waals surface area (Å²) in [6.45, 7) is 6.07. The lowest BCUT2D eigenvalue weighted by atomic mass is 9.93. The highest BCUT2D eigenvalue weighted by Crippen LogP contribution is 2.29. The summed E-state index contributed by atoms with van der Waals surface area (Å²) >= 11 is 7.03. The number of aromatic nitrogens is 3. The van der Waals surface area contributed by atoms with Crippen LogP contribution >= 0.6 is 22.9 Å². The first kappa shape index (κ1) is 16.2. The van der Waals surface area contributed by atoms with Crippen molar-refractivity contribution in [3.63, 3.8) is 0 Å². The Morgan fingerprint density at radius 1 is 1.14 bits per heavy atom. The molecule has 0 saturated carbocycles. The van der Waals surface area contributed by atoms with E-state index in [1.165, 1.54) is 17.4 Å². The van der Waals surface area contributed by atoms with Crippen molar-refractivity contribution in [2.75, 3.05) is 0 Å². The third kappa shape index (κ3) is 4.14. The average Bonchev–Trinajstić information content (AvgIpc) is 2.75. The molecule has 0 N–H and O–H groups in total. The lowest BCUT2D eigenvalue weighted by molar-refractivity contribution is -0.145. The van der Waals surface area contributed by atoms with Crippen molar-refractivity contribution in [1.29, 1.82) is 0 Å². The molecule has 0 saturated heterocycles. The zero-order valence-electron chi connectivity index (χ0n) is 11.6. The van der Waals surface area contributed by atoms with Crippen LogP contribution < -0.4 is 0 Å². The number of halogens is 4. The molecular formula is C13H13ClF3N3S. The molecular weight excluding hydrogens is 323 g/mol. The topological polar surface area (TPSA) is 38.7 Å². The Kier molecular flexibility index (Phi) is 4.26. The zero-order chi connectivity index (χ0) is 15.8. The van der Waals surface area contributed by atoms with E-state index in [9.17, 15) is 13.2 Å². The maximum Gasteiger partial charge on any atom is 0.451 e. The summed E-state index contributed by atoms with van der Waals surface area (Å²) < 4.78 is 38.0. The summed E-state index contributed by atoms with van der Waals surface area (Å²) in [6.07, 6.45) is -4.41. The number of thiazole rings is 1. The van der Waals surface area contributed by atoms with E-state index in [0.717, 1.165) is 5.69 Å². The maximum absolute atomic E-state index is 12.7. The van der Waals surface area contributed by atoms with E-state index < -0.39 is 12.0 Å². The lowest BCUT2D eigenvalue weighted by Crippen LogP contribution is -2.13. The molecule has 0 unspecified atom stereocenters. The van der Waals surface area contributed by atoms with Crippen LogP contribution in [0.5, 0.6) is 0 Å². The van der Waals surface area contributed by atoms with Gasteiger partial charge < -0.3 is 0 Å². The number of rotatable bonds is 2. The number of nitrogens with zero attached hydrogens (tertiary/aromatic N) is 3. The van der Waals surface area contributed by atoms with Crippen LogP contribution in [-0.2, 0) is 18.0 Å². The Balaban J connectivity index is 2.28. The molecule has 2 heterocycles. The minimum atomic E-state index is -4.61. The van der Waals surface area contributed by atoms with E-state index in [1.807, 2.05) is 26.2 Å². The highest BCUT2D eigenvalue weighted by Gasteiger charge is 2.35. The van der Waals surface area contributed by atoms with Crippen LogP contribution in [-0.4, -0.2) is 15.0 Å². The van der Waals surface area contributed by atoms with Crippen LogP contribution in [0.1, 0.15) is 43.0 Å². The van der Waals surface area contributed by atoms with Crippen LogP contribution in [0.3, 0.4) is 0 Å². The molecule has 0 spiro atoms. The van der Waals surface area contributed by atoms with E-state index in [1.54, 1.807) is 0 Å². The largest absolute Gasteiger partial charge is 0.451 e. The summed E-state index contributed by atoms with van der Waals surface area (Å²) in [6, 6.07) is 1.33. The van der Waals surface area contributed by atoms with Gasteiger partial charge in [0.25, 0.3) is 0 Å². The van der Waals surface area contributed by atoms with E-state index in [2.05, 4.69) is 15.0 Å². The van der Waals surface area contributed by atoms with E-state index in [4.69, 9.17) is 11.6 Å². The molecule has 2 aromatic heterocycles. The van der Waals surface area contributed by atoms with Crippen LogP contribution in [0.4, 0.5) is 13.2 Å². The molecule has 0 aliphatic carbocycles. The second kappa shape index (κ2) is 5.53. The monoisotopic (exact) mass is 335 g/mol. The number of alkyl halides is 3. The quantitative estimate of drug-likeness (QED) is 0.759. The van der Waals surface area contributed by atoms with Crippen LogP contribution in [0.25, 0.3) is 0 Å². The summed E-state index contributed by atoms with van der Waals surface area (Å²) in [7, 11) is 0. The molecule has 0 amide bonds. The molecule has 0 fully saturated rings. The highest BCUT2D eigenvalue weighted by atomic mass is 35.5. The van der Waals surface area contributed by atoms with Crippen LogP contribution in [0.2, 0.25) is 5.15 Å². The fourth-order valence-corrected chi connectivity index (χ4v) is 2.82. The van der Waals surface area contributed by atoms with Gasteiger partial charge >= 0.3 is 6.18 Å². The van der Waals surface area contributed by atoms with Gasteiger partial charge in [-0.3, -0.25) is 0 Å². The predicted octanol–water partition coefficient (Wildman–Crippen LogP) is 4.49. The highest BCUT2D eigenvalue weighted by molar-refractivity contribution is 7.09. The average molecular weight is 336 g/mol. The minimum absolute atomic E-state index is 0.102. The summed E-state index contributed by atoms with van der Waals surface area (Å²) in [4.78, 5) is 11.2. The zero-order valence-corrected chi connectivity index (χ0v) is 13.2. The molecule has 21 heavy (non-hydrogen) atoms. The van der Waals surface area contributed by atoms with E-state index in [-0.39, 0.29) is 22.7 Å². The van der Waals surface area contributed by atoms with E-state index in [0.29, 0.717) is 5.01 Å². The van der Waals surface area contributed by atoms with Gasteiger partial charge in [0.05, 0.1) is 16.4 Å². The van der Waals surface area contributed by atoms with Gasteiger partial charge in [0.2, 0.25) is 5.82 Å². The Morgan fingerprint density at radius 3 is 2.33 bits per heavy atom. The molecule has 3 nitrogen and oxygen atoms in total. The smallest absolute Gasteiger partial charge is 0.245 e. The first-order chi connectivity index (χ1) is 9.55. The first-order valence-corrected chi connectivity index (χ1v) is 7.37. The van der Waals surface area contributed by atoms with Crippen molar-refractivity contribution in [3.8, 4) is 0 Å². The molecule has 114 valence electrons. The Hall–Kier alpha value is -1.21. The second-order valence-corrected chi connectivity index (χ2v) is 6.89.